The van der Waals surface area contributed by atoms with Crippen molar-refractivity contribution in [2.75, 3.05) is 5.32 Å². The lowest BCUT2D eigenvalue weighted by Gasteiger charge is -2.05. The second kappa shape index (κ2) is 4.38. The highest BCUT2D eigenvalue weighted by Crippen LogP contribution is 2.10. The minimum absolute atomic E-state index is 0.728. The van der Waals surface area contributed by atoms with Gasteiger partial charge in [-0.3, -0.25) is 4.68 Å². The summed E-state index contributed by atoms with van der Waals surface area (Å²) < 4.78 is 3.76. The molecule has 0 saturated carbocycles. The quantitative estimate of drug-likeness (QED) is 0.848. The maximum absolute atomic E-state index is 4.38. The Bertz CT molecular complexity index is 468. The Labute approximate surface area is 95.1 Å². The van der Waals surface area contributed by atoms with Crippen LogP contribution in [-0.2, 0) is 20.1 Å². The molecule has 0 radical (unpaired) electrons. The molecule has 16 heavy (non-hydrogen) atoms. The van der Waals surface area contributed by atoms with E-state index in [1.165, 1.54) is 0 Å². The van der Waals surface area contributed by atoms with Crippen LogP contribution < -0.4 is 5.32 Å². The van der Waals surface area contributed by atoms with Gasteiger partial charge in [-0.15, -0.1) is 0 Å². The highest BCUT2D eigenvalue weighted by molar-refractivity contribution is 5.37. The molecule has 0 spiro atoms. The zero-order chi connectivity index (χ0) is 11.5. The summed E-state index contributed by atoms with van der Waals surface area (Å²) in [5, 5.41) is 12.0. The van der Waals surface area contributed by atoms with Gasteiger partial charge in [-0.1, -0.05) is 0 Å². The topological polar surface area (TPSA) is 47.7 Å². The zero-order valence-corrected chi connectivity index (χ0v) is 9.94. The minimum atomic E-state index is 0.728. The summed E-state index contributed by atoms with van der Waals surface area (Å²) in [5.41, 5.74) is 2.06. The van der Waals surface area contributed by atoms with Gasteiger partial charge in [-0.25, -0.2) is 4.68 Å². The Kier molecular flexibility index (Phi) is 2.94. The predicted molar refractivity (Wildman–Crippen MR) is 63.2 cm³/mol. The number of aryl methyl sites for hydroxylation is 3. The minimum Gasteiger partial charge on any atom is -0.365 e. The third-order valence-electron chi connectivity index (χ3n) is 2.42. The Balaban J connectivity index is 2.04. The lowest BCUT2D eigenvalue weighted by Crippen LogP contribution is -2.07. The first-order valence-corrected chi connectivity index (χ1v) is 5.46. The van der Waals surface area contributed by atoms with Crippen LogP contribution in [0.2, 0.25) is 0 Å². The number of hydrogen-bond donors (Lipinski definition) is 1. The molecule has 0 unspecified atom stereocenters. The van der Waals surface area contributed by atoms with Gasteiger partial charge in [0.15, 0.2) is 0 Å². The van der Waals surface area contributed by atoms with E-state index in [-0.39, 0.29) is 0 Å². The van der Waals surface area contributed by atoms with Crippen molar-refractivity contribution in [3.05, 3.63) is 29.7 Å². The predicted octanol–water partition coefficient (Wildman–Crippen LogP) is 1.56. The summed E-state index contributed by atoms with van der Waals surface area (Å²) in [6, 6.07) is 4.05. The third-order valence-corrected chi connectivity index (χ3v) is 2.42. The molecule has 0 amide bonds. The average Bonchev–Trinajstić information content (AvgIpc) is 2.81. The van der Waals surface area contributed by atoms with Crippen LogP contribution in [0.5, 0.6) is 0 Å². The standard InChI is InChI=1S/C11H17N5/c1-4-16-11(7-9(2)13-16)12-8-10-5-6-15(3)14-10/h5-7,12H,4,8H2,1-3H3. The molecule has 0 bridgehead atoms. The molecule has 0 aliphatic heterocycles. The van der Waals surface area contributed by atoms with E-state index in [4.69, 9.17) is 0 Å². The van der Waals surface area contributed by atoms with E-state index < -0.39 is 0 Å². The molecular weight excluding hydrogens is 202 g/mol. The molecule has 2 aromatic heterocycles. The fraction of sp³-hybridized carbons (Fsp3) is 0.455. The monoisotopic (exact) mass is 219 g/mol. The number of anilines is 1. The Morgan fingerprint density at radius 2 is 2.19 bits per heavy atom. The molecule has 2 rings (SSSR count). The van der Waals surface area contributed by atoms with Crippen LogP contribution in [0.25, 0.3) is 0 Å². The summed E-state index contributed by atoms with van der Waals surface area (Å²) in [7, 11) is 1.92. The second-order valence-corrected chi connectivity index (χ2v) is 3.82. The molecule has 0 saturated heterocycles. The van der Waals surface area contributed by atoms with Crippen LogP contribution in [0, 0.1) is 6.92 Å². The summed E-state index contributed by atoms with van der Waals surface area (Å²) >= 11 is 0. The summed E-state index contributed by atoms with van der Waals surface area (Å²) in [4.78, 5) is 0. The highest BCUT2D eigenvalue weighted by Gasteiger charge is 2.03. The molecule has 0 atom stereocenters. The average molecular weight is 219 g/mol. The van der Waals surface area contributed by atoms with E-state index in [0.717, 1.165) is 30.3 Å². The SMILES string of the molecule is CCn1nc(C)cc1NCc1ccn(C)n1. The van der Waals surface area contributed by atoms with Crippen LogP contribution in [0.3, 0.4) is 0 Å². The van der Waals surface area contributed by atoms with Crippen LogP contribution in [0.4, 0.5) is 5.82 Å². The van der Waals surface area contributed by atoms with Crippen LogP contribution in [-0.4, -0.2) is 19.6 Å². The van der Waals surface area contributed by atoms with Gasteiger partial charge in [0.1, 0.15) is 5.82 Å². The number of hydrogen-bond acceptors (Lipinski definition) is 3. The number of aromatic nitrogens is 4. The van der Waals surface area contributed by atoms with Gasteiger partial charge in [-0.05, 0) is 19.9 Å². The van der Waals surface area contributed by atoms with Crippen LogP contribution in [0.15, 0.2) is 18.3 Å². The zero-order valence-electron chi connectivity index (χ0n) is 9.94. The van der Waals surface area contributed by atoms with Gasteiger partial charge >= 0.3 is 0 Å². The largest absolute Gasteiger partial charge is 0.365 e. The Hall–Kier alpha value is -1.78. The molecule has 2 aromatic rings. The summed E-state index contributed by atoms with van der Waals surface area (Å²) in [6.45, 7) is 5.68. The van der Waals surface area contributed by atoms with Crippen molar-refractivity contribution in [2.24, 2.45) is 7.05 Å². The molecule has 5 heteroatoms. The van der Waals surface area contributed by atoms with Gasteiger partial charge in [0.2, 0.25) is 0 Å². The molecule has 0 fully saturated rings. The molecule has 5 nitrogen and oxygen atoms in total. The van der Waals surface area contributed by atoms with Crippen molar-refractivity contribution in [1.82, 2.24) is 19.6 Å². The van der Waals surface area contributed by atoms with E-state index in [1.807, 2.05) is 37.0 Å². The number of nitrogens with one attached hydrogen (secondary N) is 1. The van der Waals surface area contributed by atoms with E-state index in [2.05, 4.69) is 22.4 Å². The lowest BCUT2D eigenvalue weighted by atomic mass is 10.4. The van der Waals surface area contributed by atoms with Gasteiger partial charge in [-0.2, -0.15) is 10.2 Å². The Morgan fingerprint density at radius 1 is 1.38 bits per heavy atom. The second-order valence-electron chi connectivity index (χ2n) is 3.82. The van der Waals surface area contributed by atoms with E-state index in [0.29, 0.717) is 0 Å². The maximum Gasteiger partial charge on any atom is 0.124 e. The fourth-order valence-corrected chi connectivity index (χ4v) is 1.67. The van der Waals surface area contributed by atoms with Gasteiger partial charge in [0.05, 0.1) is 17.9 Å². The van der Waals surface area contributed by atoms with Crippen molar-refractivity contribution >= 4 is 5.82 Å². The first-order valence-electron chi connectivity index (χ1n) is 5.46. The molecular formula is C11H17N5. The van der Waals surface area contributed by atoms with Crippen molar-refractivity contribution in [3.8, 4) is 0 Å². The normalized spacial score (nSPS) is 10.7. The van der Waals surface area contributed by atoms with E-state index in [9.17, 15) is 0 Å². The van der Waals surface area contributed by atoms with Gasteiger partial charge in [0.25, 0.3) is 0 Å². The fourth-order valence-electron chi connectivity index (χ4n) is 1.67. The molecule has 2 heterocycles. The third kappa shape index (κ3) is 2.24. The van der Waals surface area contributed by atoms with Crippen LogP contribution in [0.1, 0.15) is 18.3 Å². The maximum atomic E-state index is 4.38. The first kappa shape index (κ1) is 10.7. The van der Waals surface area contributed by atoms with Crippen molar-refractivity contribution < 1.29 is 0 Å². The summed E-state index contributed by atoms with van der Waals surface area (Å²) in [5.74, 6) is 1.05. The number of nitrogens with zero attached hydrogens (tertiary/aromatic N) is 4. The molecule has 0 aliphatic rings. The first-order chi connectivity index (χ1) is 7.69. The Morgan fingerprint density at radius 3 is 2.81 bits per heavy atom. The van der Waals surface area contributed by atoms with Crippen molar-refractivity contribution in [3.63, 3.8) is 0 Å². The van der Waals surface area contributed by atoms with Crippen molar-refractivity contribution in [2.45, 2.75) is 26.9 Å². The number of rotatable bonds is 4. The smallest absolute Gasteiger partial charge is 0.124 e. The van der Waals surface area contributed by atoms with E-state index >= 15 is 0 Å². The summed E-state index contributed by atoms with van der Waals surface area (Å²) in [6.07, 6.45) is 1.94. The molecule has 1 N–H and O–H groups in total. The van der Waals surface area contributed by atoms with Crippen LogP contribution >= 0.6 is 0 Å². The van der Waals surface area contributed by atoms with Crippen molar-refractivity contribution in [1.29, 1.82) is 0 Å². The van der Waals surface area contributed by atoms with Gasteiger partial charge < -0.3 is 5.32 Å². The molecule has 0 aliphatic carbocycles. The lowest BCUT2D eigenvalue weighted by molar-refractivity contribution is 0.656. The molecule has 0 aromatic carbocycles. The highest BCUT2D eigenvalue weighted by atomic mass is 15.3. The van der Waals surface area contributed by atoms with Gasteiger partial charge in [0, 0.05) is 25.9 Å². The molecule has 86 valence electrons. The van der Waals surface area contributed by atoms with E-state index in [1.54, 1.807) is 4.68 Å².